The van der Waals surface area contributed by atoms with Crippen LogP contribution in [0.3, 0.4) is 0 Å². The molecule has 0 bridgehead atoms. The van der Waals surface area contributed by atoms with Crippen LogP contribution in [0, 0.1) is 16.7 Å². The monoisotopic (exact) mass is 258 g/mol. The molecule has 3 nitrogen and oxygen atoms in total. The maximum Gasteiger partial charge on any atom is 0.235 e. The van der Waals surface area contributed by atoms with Crippen LogP contribution >= 0.6 is 0 Å². The van der Waals surface area contributed by atoms with Crippen molar-refractivity contribution in [2.75, 3.05) is 20.8 Å². The Morgan fingerprint density at radius 2 is 1.71 bits per heavy atom. The molecule has 2 rings (SSSR count). The van der Waals surface area contributed by atoms with E-state index in [0.29, 0.717) is 0 Å². The van der Waals surface area contributed by atoms with Crippen molar-refractivity contribution in [2.24, 2.45) is 16.7 Å². The summed E-state index contributed by atoms with van der Waals surface area (Å²) in [5.74, 6) is 0.456. The van der Waals surface area contributed by atoms with Gasteiger partial charge < -0.3 is 12.4 Å². The Balaban J connectivity index is 0.00000144. The van der Waals surface area contributed by atoms with Gasteiger partial charge in [0, 0.05) is 5.92 Å². The molecule has 1 aliphatic heterocycles. The summed E-state index contributed by atoms with van der Waals surface area (Å²) in [5.41, 5.74) is 0.273. The van der Waals surface area contributed by atoms with Crippen LogP contribution in [-0.2, 0) is 4.79 Å². The zero-order chi connectivity index (χ0) is 12.4. The molecule has 0 aromatic carbocycles. The fourth-order valence-corrected chi connectivity index (χ4v) is 2.87. The van der Waals surface area contributed by atoms with Gasteiger partial charge in [0.2, 0.25) is 5.91 Å². The van der Waals surface area contributed by atoms with Crippen molar-refractivity contribution >= 4 is 5.91 Å². The van der Waals surface area contributed by atoms with Crippen molar-refractivity contribution in [3.63, 3.8) is 0 Å². The molecule has 17 heavy (non-hydrogen) atoms. The third-order valence-corrected chi connectivity index (χ3v) is 4.72. The first-order chi connectivity index (χ1) is 7.09. The highest BCUT2D eigenvalue weighted by atomic mass is 35.5. The van der Waals surface area contributed by atoms with Crippen LogP contribution in [0.5, 0.6) is 0 Å². The van der Waals surface area contributed by atoms with Gasteiger partial charge in [-0.15, -0.1) is 0 Å². The van der Waals surface area contributed by atoms with Gasteiger partial charge in [-0.25, -0.2) is 0 Å². The van der Waals surface area contributed by atoms with E-state index >= 15 is 0 Å². The second-order valence-electron chi connectivity index (χ2n) is 6.90. The van der Waals surface area contributed by atoms with Crippen molar-refractivity contribution in [1.82, 2.24) is 4.90 Å². The Bertz CT molecular complexity index is 358. The molecule has 0 atom stereocenters. The SMILES string of the molecule is CC1(C)C(C(=O)N2C=C[N+](C)(C)C2)C1(C)C.[Cl-]. The van der Waals surface area contributed by atoms with Crippen molar-refractivity contribution in [1.29, 1.82) is 0 Å². The van der Waals surface area contributed by atoms with E-state index in [1.807, 2.05) is 11.1 Å². The fraction of sp³-hybridized carbons (Fsp3) is 0.769. The predicted octanol–water partition coefficient (Wildman–Crippen LogP) is -0.980. The maximum absolute atomic E-state index is 12.4. The third kappa shape index (κ3) is 2.00. The fourth-order valence-electron chi connectivity index (χ4n) is 2.87. The normalized spacial score (nSPS) is 27.8. The van der Waals surface area contributed by atoms with E-state index < -0.39 is 0 Å². The van der Waals surface area contributed by atoms with Crippen LogP contribution in [0.4, 0.5) is 0 Å². The van der Waals surface area contributed by atoms with Crippen molar-refractivity contribution in [2.45, 2.75) is 27.7 Å². The van der Waals surface area contributed by atoms with Crippen LogP contribution in [0.25, 0.3) is 0 Å². The van der Waals surface area contributed by atoms with E-state index in [1.165, 1.54) is 0 Å². The highest BCUT2D eigenvalue weighted by molar-refractivity contribution is 5.85. The summed E-state index contributed by atoms with van der Waals surface area (Å²) in [4.78, 5) is 14.3. The van der Waals surface area contributed by atoms with Gasteiger partial charge >= 0.3 is 0 Å². The second-order valence-corrected chi connectivity index (χ2v) is 6.90. The molecule has 1 heterocycles. The summed E-state index contributed by atoms with van der Waals surface area (Å²) in [7, 11) is 4.21. The van der Waals surface area contributed by atoms with Crippen LogP contribution in [0.15, 0.2) is 12.4 Å². The Morgan fingerprint density at radius 3 is 2.00 bits per heavy atom. The Kier molecular flexibility index (Phi) is 3.18. The van der Waals surface area contributed by atoms with E-state index in [9.17, 15) is 4.79 Å². The van der Waals surface area contributed by atoms with Crippen LogP contribution in [-0.4, -0.2) is 36.1 Å². The summed E-state index contributed by atoms with van der Waals surface area (Å²) < 4.78 is 0.763. The lowest BCUT2D eigenvalue weighted by atomic mass is 10.0. The molecule has 0 unspecified atom stereocenters. The number of rotatable bonds is 1. The standard InChI is InChI=1S/C13H23N2O.ClH/c1-12(2)10(13(12,3)4)11(16)14-7-8-15(5,6)9-14;/h7-8,10H,9H2,1-6H3;1H/q+1;/p-1. The van der Waals surface area contributed by atoms with E-state index in [-0.39, 0.29) is 35.1 Å². The van der Waals surface area contributed by atoms with Crippen molar-refractivity contribution in [3.8, 4) is 0 Å². The topological polar surface area (TPSA) is 20.3 Å². The average Bonchev–Trinajstić information content (AvgIpc) is 2.43. The highest BCUT2D eigenvalue weighted by Crippen LogP contribution is 2.68. The molecular formula is C13H23ClN2O. The van der Waals surface area contributed by atoms with E-state index in [2.05, 4.69) is 48.0 Å². The molecule has 1 amide bonds. The minimum Gasteiger partial charge on any atom is -1.00 e. The van der Waals surface area contributed by atoms with E-state index in [0.717, 1.165) is 11.2 Å². The molecule has 0 aromatic rings. The molecule has 0 spiro atoms. The molecule has 0 aromatic heterocycles. The number of amides is 1. The molecule has 0 radical (unpaired) electrons. The summed E-state index contributed by atoms with van der Waals surface area (Å²) in [6, 6.07) is 0. The lowest BCUT2D eigenvalue weighted by molar-refractivity contribution is -0.839. The zero-order valence-electron chi connectivity index (χ0n) is 11.6. The van der Waals surface area contributed by atoms with Gasteiger partial charge in [-0.05, 0) is 10.8 Å². The summed E-state index contributed by atoms with van der Waals surface area (Å²) in [5, 5.41) is 0. The van der Waals surface area contributed by atoms with E-state index in [4.69, 9.17) is 0 Å². The lowest BCUT2D eigenvalue weighted by Gasteiger charge is -2.23. The summed E-state index contributed by atoms with van der Waals surface area (Å²) in [6.07, 6.45) is 4.01. The quantitative estimate of drug-likeness (QED) is 0.554. The highest BCUT2D eigenvalue weighted by Gasteiger charge is 2.69. The van der Waals surface area contributed by atoms with Gasteiger partial charge in [0.15, 0.2) is 6.67 Å². The van der Waals surface area contributed by atoms with Gasteiger partial charge in [0.25, 0.3) is 0 Å². The first-order valence-corrected chi connectivity index (χ1v) is 5.92. The maximum atomic E-state index is 12.4. The van der Waals surface area contributed by atoms with Gasteiger partial charge in [-0.3, -0.25) is 14.2 Å². The Morgan fingerprint density at radius 1 is 1.24 bits per heavy atom. The number of hydrogen-bond donors (Lipinski definition) is 0. The first kappa shape index (κ1) is 14.5. The van der Waals surface area contributed by atoms with Crippen molar-refractivity contribution in [3.05, 3.63) is 12.4 Å². The summed E-state index contributed by atoms with van der Waals surface area (Å²) >= 11 is 0. The number of hydrogen-bond acceptors (Lipinski definition) is 1. The number of quaternary nitrogens is 1. The molecule has 4 heteroatoms. The van der Waals surface area contributed by atoms with Gasteiger partial charge in [0.1, 0.15) is 6.20 Å². The average molecular weight is 259 g/mol. The molecular weight excluding hydrogens is 236 g/mol. The predicted molar refractivity (Wildman–Crippen MR) is 64.0 cm³/mol. The number of carbonyl (C=O) groups excluding carboxylic acids is 1. The number of nitrogens with zero attached hydrogens (tertiary/aromatic N) is 2. The molecule has 1 aliphatic carbocycles. The first-order valence-electron chi connectivity index (χ1n) is 5.92. The molecule has 98 valence electrons. The Hall–Kier alpha value is -0.540. The minimum absolute atomic E-state index is 0. The number of carbonyl (C=O) groups is 1. The lowest BCUT2D eigenvalue weighted by Crippen LogP contribution is -3.00. The van der Waals surface area contributed by atoms with Crippen LogP contribution < -0.4 is 12.4 Å². The third-order valence-electron chi connectivity index (χ3n) is 4.72. The van der Waals surface area contributed by atoms with Crippen molar-refractivity contribution < 1.29 is 21.7 Å². The smallest absolute Gasteiger partial charge is 0.235 e. The molecule has 1 fully saturated rings. The van der Waals surface area contributed by atoms with E-state index in [1.54, 1.807) is 0 Å². The molecule has 2 aliphatic rings. The zero-order valence-corrected chi connectivity index (χ0v) is 12.4. The number of halogens is 1. The summed E-state index contributed by atoms with van der Waals surface area (Å²) in [6.45, 7) is 9.52. The second kappa shape index (κ2) is 3.72. The molecule has 0 N–H and O–H groups in total. The van der Waals surface area contributed by atoms with Gasteiger partial charge in [-0.2, -0.15) is 0 Å². The van der Waals surface area contributed by atoms with Crippen LogP contribution in [0.2, 0.25) is 0 Å². The minimum atomic E-state index is 0. The van der Waals surface area contributed by atoms with Gasteiger partial charge in [0.05, 0.1) is 20.3 Å². The Labute approximate surface area is 110 Å². The van der Waals surface area contributed by atoms with Gasteiger partial charge in [-0.1, -0.05) is 27.7 Å². The largest absolute Gasteiger partial charge is 1.00 e. The van der Waals surface area contributed by atoms with Crippen LogP contribution in [0.1, 0.15) is 27.7 Å². The molecule has 0 saturated heterocycles. The molecule has 1 saturated carbocycles.